The molecule has 0 bridgehead atoms. The van der Waals surface area contributed by atoms with Crippen LogP contribution in [0.15, 0.2) is 0 Å². The molecule has 100 valence electrons. The van der Waals surface area contributed by atoms with E-state index in [-0.39, 0.29) is 23.3 Å². The fourth-order valence-corrected chi connectivity index (χ4v) is 2.17. The topological polar surface area (TPSA) is 71.4 Å². The van der Waals surface area contributed by atoms with E-state index in [1.165, 1.54) is 0 Å². The van der Waals surface area contributed by atoms with Crippen LogP contribution in [0.4, 0.5) is 5.95 Å². The van der Waals surface area contributed by atoms with Gasteiger partial charge in [-0.05, 0) is 31.9 Å². The lowest BCUT2D eigenvalue weighted by Gasteiger charge is -2.17. The number of ether oxygens (including phenoxy) is 1. The number of hydrogen-bond donors (Lipinski definition) is 1. The highest BCUT2D eigenvalue weighted by Gasteiger charge is 2.28. The molecule has 2 rings (SSSR count). The lowest BCUT2D eigenvalue weighted by Crippen LogP contribution is -2.25. The van der Waals surface area contributed by atoms with Crippen LogP contribution in [0, 0.1) is 5.92 Å². The van der Waals surface area contributed by atoms with Gasteiger partial charge in [0.1, 0.15) is 0 Å². The predicted octanol–water partition coefficient (Wildman–Crippen LogP) is 1.13. The molecule has 1 aromatic rings. The monoisotopic (exact) mass is 272 g/mol. The fraction of sp³-hybridized carbons (Fsp3) is 0.727. The molecule has 0 saturated carbocycles. The van der Waals surface area contributed by atoms with Crippen LogP contribution >= 0.6 is 11.6 Å². The van der Waals surface area contributed by atoms with Gasteiger partial charge in [-0.2, -0.15) is 15.0 Å². The summed E-state index contributed by atoms with van der Waals surface area (Å²) in [6.07, 6.45) is 0.601. The molecule has 1 N–H and O–H groups in total. The molecule has 2 unspecified atom stereocenters. The number of aliphatic hydroxyl groups excluding tert-OH is 1. The fourth-order valence-electron chi connectivity index (χ4n) is 2.02. The number of halogens is 1. The van der Waals surface area contributed by atoms with Gasteiger partial charge >= 0.3 is 6.01 Å². The van der Waals surface area contributed by atoms with Crippen LogP contribution in [0.3, 0.4) is 0 Å². The van der Waals surface area contributed by atoms with Crippen LogP contribution in [0.5, 0.6) is 6.01 Å². The van der Waals surface area contributed by atoms with Crippen molar-refractivity contribution in [1.82, 2.24) is 15.0 Å². The van der Waals surface area contributed by atoms with Gasteiger partial charge in [0.15, 0.2) is 0 Å². The molecule has 0 aliphatic carbocycles. The van der Waals surface area contributed by atoms with E-state index in [0.29, 0.717) is 12.6 Å². The summed E-state index contributed by atoms with van der Waals surface area (Å²) in [4.78, 5) is 14.2. The Bertz CT molecular complexity index is 416. The second kappa shape index (κ2) is 5.67. The molecule has 0 radical (unpaired) electrons. The lowest BCUT2D eigenvalue weighted by atomic mass is 10.0. The Kier molecular flexibility index (Phi) is 4.19. The molecule has 1 aliphatic heterocycles. The largest absolute Gasteiger partial charge is 0.464 e. The van der Waals surface area contributed by atoms with Gasteiger partial charge in [0, 0.05) is 19.0 Å². The molecule has 1 saturated heterocycles. The zero-order chi connectivity index (χ0) is 13.1. The van der Waals surface area contributed by atoms with Crippen LogP contribution in [0.1, 0.15) is 20.3 Å². The van der Waals surface area contributed by atoms with Crippen LogP contribution < -0.4 is 9.64 Å². The summed E-state index contributed by atoms with van der Waals surface area (Å²) in [6, 6.07) is 0.244. The number of aromatic nitrogens is 3. The molecule has 2 atom stereocenters. The second-order valence-electron chi connectivity index (χ2n) is 4.36. The van der Waals surface area contributed by atoms with Crippen molar-refractivity contribution < 1.29 is 9.84 Å². The maximum Gasteiger partial charge on any atom is 0.322 e. The average molecular weight is 273 g/mol. The molecular formula is C11H17ClN4O2. The minimum atomic E-state index is -0.321. The van der Waals surface area contributed by atoms with Crippen molar-refractivity contribution in [2.45, 2.75) is 26.4 Å². The first-order chi connectivity index (χ1) is 8.60. The molecule has 0 aromatic carbocycles. The summed E-state index contributed by atoms with van der Waals surface area (Å²) in [5.41, 5.74) is 0. The van der Waals surface area contributed by atoms with E-state index >= 15 is 0 Å². The summed E-state index contributed by atoms with van der Waals surface area (Å²) in [6.45, 7) is 5.68. The van der Waals surface area contributed by atoms with E-state index in [1.807, 2.05) is 11.8 Å². The van der Waals surface area contributed by atoms with Crippen molar-refractivity contribution in [2.24, 2.45) is 5.92 Å². The molecular weight excluding hydrogens is 256 g/mol. The summed E-state index contributed by atoms with van der Waals surface area (Å²) in [5.74, 6) is 0.762. The van der Waals surface area contributed by atoms with Gasteiger partial charge in [0.25, 0.3) is 0 Å². The maximum absolute atomic E-state index is 9.58. The van der Waals surface area contributed by atoms with Crippen molar-refractivity contribution in [3.63, 3.8) is 0 Å². The molecule has 1 fully saturated rings. The predicted molar refractivity (Wildman–Crippen MR) is 68.0 cm³/mol. The third-order valence-electron chi connectivity index (χ3n) is 3.04. The van der Waals surface area contributed by atoms with E-state index in [9.17, 15) is 5.11 Å². The van der Waals surface area contributed by atoms with E-state index in [4.69, 9.17) is 16.3 Å². The van der Waals surface area contributed by atoms with Crippen molar-refractivity contribution in [3.8, 4) is 6.01 Å². The van der Waals surface area contributed by atoms with Gasteiger partial charge in [-0.3, -0.25) is 0 Å². The highest BCUT2D eigenvalue weighted by atomic mass is 35.5. The summed E-state index contributed by atoms with van der Waals surface area (Å²) >= 11 is 5.84. The molecule has 0 amide bonds. The molecule has 2 heterocycles. The van der Waals surface area contributed by atoms with E-state index in [0.717, 1.165) is 19.5 Å². The lowest BCUT2D eigenvalue weighted by molar-refractivity contribution is 0.136. The molecule has 18 heavy (non-hydrogen) atoms. The standard InChI is InChI=1S/C11H17ClN4O2/c1-3-18-11-14-9(12)13-10(15-11)16-5-4-8(6-16)7(2)17/h7-8,17H,3-6H2,1-2H3. The zero-order valence-corrected chi connectivity index (χ0v) is 11.3. The highest BCUT2D eigenvalue weighted by molar-refractivity contribution is 6.28. The van der Waals surface area contributed by atoms with E-state index in [2.05, 4.69) is 15.0 Å². The Morgan fingerprint density at radius 1 is 1.50 bits per heavy atom. The van der Waals surface area contributed by atoms with Crippen LogP contribution in [-0.2, 0) is 0 Å². The normalized spacial score (nSPS) is 21.1. The Morgan fingerprint density at radius 3 is 2.89 bits per heavy atom. The molecule has 0 spiro atoms. The third kappa shape index (κ3) is 3.00. The minimum Gasteiger partial charge on any atom is -0.464 e. The van der Waals surface area contributed by atoms with Crippen molar-refractivity contribution >= 4 is 17.5 Å². The first-order valence-electron chi connectivity index (χ1n) is 6.07. The Balaban J connectivity index is 2.13. The summed E-state index contributed by atoms with van der Waals surface area (Å²) < 4.78 is 5.24. The van der Waals surface area contributed by atoms with Gasteiger partial charge in [0.05, 0.1) is 12.7 Å². The Hall–Kier alpha value is -1.14. The first-order valence-corrected chi connectivity index (χ1v) is 6.45. The second-order valence-corrected chi connectivity index (χ2v) is 4.69. The number of aliphatic hydroxyl groups is 1. The van der Waals surface area contributed by atoms with Gasteiger partial charge in [-0.1, -0.05) is 0 Å². The van der Waals surface area contributed by atoms with Gasteiger partial charge in [-0.15, -0.1) is 0 Å². The summed E-state index contributed by atoms with van der Waals surface area (Å²) in [5, 5.41) is 9.71. The SMILES string of the molecule is CCOc1nc(Cl)nc(N2CCC(C(C)O)C2)n1. The third-order valence-corrected chi connectivity index (χ3v) is 3.21. The minimum absolute atomic E-state index is 0.129. The number of hydrogen-bond acceptors (Lipinski definition) is 6. The van der Waals surface area contributed by atoms with Crippen molar-refractivity contribution in [2.75, 3.05) is 24.6 Å². The van der Waals surface area contributed by atoms with Crippen LogP contribution in [-0.4, -0.2) is 45.9 Å². The molecule has 1 aliphatic rings. The number of nitrogens with zero attached hydrogens (tertiary/aromatic N) is 4. The Labute approximate surface area is 111 Å². The van der Waals surface area contributed by atoms with Crippen molar-refractivity contribution in [3.05, 3.63) is 5.28 Å². The van der Waals surface area contributed by atoms with Gasteiger partial charge in [-0.25, -0.2) is 0 Å². The smallest absolute Gasteiger partial charge is 0.322 e. The average Bonchev–Trinajstić information content (AvgIpc) is 2.78. The zero-order valence-electron chi connectivity index (χ0n) is 10.5. The van der Waals surface area contributed by atoms with Crippen LogP contribution in [0.25, 0.3) is 0 Å². The summed E-state index contributed by atoms with van der Waals surface area (Å²) in [7, 11) is 0. The van der Waals surface area contributed by atoms with Crippen LogP contribution in [0.2, 0.25) is 5.28 Å². The maximum atomic E-state index is 9.58. The molecule has 7 heteroatoms. The van der Waals surface area contributed by atoms with E-state index in [1.54, 1.807) is 6.92 Å². The molecule has 6 nitrogen and oxygen atoms in total. The number of rotatable bonds is 4. The first kappa shape index (κ1) is 13.3. The van der Waals surface area contributed by atoms with E-state index < -0.39 is 0 Å². The van der Waals surface area contributed by atoms with Gasteiger partial charge in [0.2, 0.25) is 11.2 Å². The number of anilines is 1. The Morgan fingerprint density at radius 2 is 2.28 bits per heavy atom. The van der Waals surface area contributed by atoms with Crippen molar-refractivity contribution in [1.29, 1.82) is 0 Å². The molecule has 1 aromatic heterocycles. The highest BCUT2D eigenvalue weighted by Crippen LogP contribution is 2.24. The van der Waals surface area contributed by atoms with Gasteiger partial charge < -0.3 is 14.7 Å². The quantitative estimate of drug-likeness (QED) is 0.886.